The molecule has 0 aliphatic heterocycles. The molecule has 3 aromatic rings. The molecule has 27 heavy (non-hydrogen) atoms. The first kappa shape index (κ1) is 16.4. The molecule has 0 radical (unpaired) electrons. The van der Waals surface area contributed by atoms with E-state index in [0.29, 0.717) is 17.6 Å². The number of hydrogen-bond donors (Lipinski definition) is 2. The number of nitrogens with one attached hydrogen (secondary N) is 2. The number of amides is 1. The molecule has 2 heterocycles. The summed E-state index contributed by atoms with van der Waals surface area (Å²) < 4.78 is 1.09. The number of anilines is 1. The highest BCUT2D eigenvalue weighted by Crippen LogP contribution is 2.33. The van der Waals surface area contributed by atoms with Crippen LogP contribution in [0, 0.1) is 0 Å². The zero-order valence-electron chi connectivity index (χ0n) is 14.8. The molecular formula is C21H20N4OS. The molecule has 0 spiro atoms. The van der Waals surface area contributed by atoms with Gasteiger partial charge in [0.05, 0.1) is 10.2 Å². The summed E-state index contributed by atoms with van der Waals surface area (Å²) in [4.78, 5) is 21.3. The lowest BCUT2D eigenvalue weighted by Crippen LogP contribution is -2.25. The first-order chi connectivity index (χ1) is 13.3. The first-order valence-corrected chi connectivity index (χ1v) is 10.2. The molecule has 6 heteroatoms. The lowest BCUT2D eigenvalue weighted by Gasteiger charge is -2.06. The maximum absolute atomic E-state index is 12.5. The van der Waals surface area contributed by atoms with Crippen LogP contribution in [-0.4, -0.2) is 28.0 Å². The molecule has 2 N–H and O–H groups in total. The summed E-state index contributed by atoms with van der Waals surface area (Å²) >= 11 is 1.65. The van der Waals surface area contributed by atoms with E-state index in [1.165, 1.54) is 12.8 Å². The van der Waals surface area contributed by atoms with Crippen molar-refractivity contribution in [2.45, 2.75) is 37.8 Å². The largest absolute Gasteiger partial charge is 0.366 e. The highest BCUT2D eigenvalue weighted by Gasteiger charge is 2.24. The van der Waals surface area contributed by atoms with E-state index < -0.39 is 0 Å². The minimum absolute atomic E-state index is 0.00571. The Morgan fingerprint density at radius 1 is 1.04 bits per heavy atom. The normalized spacial score (nSPS) is 16.7. The van der Waals surface area contributed by atoms with Crippen molar-refractivity contribution in [1.82, 2.24) is 15.3 Å². The number of fused-ring (bicyclic) bond motifs is 1. The predicted octanol–water partition coefficient (Wildman–Crippen LogP) is 4.33. The topological polar surface area (TPSA) is 66.9 Å². The Labute approximate surface area is 161 Å². The molecule has 5 nitrogen and oxygen atoms in total. The summed E-state index contributed by atoms with van der Waals surface area (Å²) in [5, 5.41) is 8.64. The van der Waals surface area contributed by atoms with Crippen LogP contribution in [0.4, 0.5) is 5.82 Å². The smallest absolute Gasteiger partial charge is 0.252 e. The maximum Gasteiger partial charge on any atom is 0.252 e. The average Bonchev–Trinajstić information content (AvgIpc) is 3.61. The summed E-state index contributed by atoms with van der Waals surface area (Å²) in [6.07, 6.45) is 10.2. The second kappa shape index (κ2) is 6.78. The van der Waals surface area contributed by atoms with Crippen molar-refractivity contribution >= 4 is 45.4 Å². The van der Waals surface area contributed by atoms with E-state index in [4.69, 9.17) is 0 Å². The van der Waals surface area contributed by atoms with E-state index in [2.05, 4.69) is 26.0 Å². The molecule has 0 unspecified atom stereocenters. The third-order valence-electron chi connectivity index (χ3n) is 4.86. The Morgan fingerprint density at radius 2 is 1.81 bits per heavy atom. The number of thiophene rings is 1. The number of hydrogen-bond acceptors (Lipinski definition) is 5. The highest BCUT2D eigenvalue weighted by atomic mass is 32.1. The molecule has 5 rings (SSSR count). The van der Waals surface area contributed by atoms with Gasteiger partial charge in [0.25, 0.3) is 5.91 Å². The fraction of sp³-hybridized carbons (Fsp3) is 0.286. The lowest BCUT2D eigenvalue weighted by atomic mass is 10.1. The van der Waals surface area contributed by atoms with Crippen molar-refractivity contribution in [3.8, 4) is 0 Å². The maximum atomic E-state index is 12.5. The molecule has 2 saturated carbocycles. The monoisotopic (exact) mass is 376 g/mol. The fourth-order valence-corrected chi connectivity index (χ4v) is 3.97. The highest BCUT2D eigenvalue weighted by molar-refractivity contribution is 7.18. The Hall–Kier alpha value is -2.73. The molecule has 136 valence electrons. The SMILES string of the molecule is O=C(NC1CC1)c1ccccc1/C=C/c1csc2c(NC3CC3)ncnc12. The molecule has 0 bridgehead atoms. The molecule has 2 aliphatic rings. The van der Waals surface area contributed by atoms with Crippen LogP contribution in [0.3, 0.4) is 0 Å². The lowest BCUT2D eigenvalue weighted by molar-refractivity contribution is 0.0951. The Bertz CT molecular complexity index is 1030. The van der Waals surface area contributed by atoms with Gasteiger partial charge in [-0.3, -0.25) is 4.79 Å². The number of nitrogens with zero attached hydrogens (tertiary/aromatic N) is 2. The van der Waals surface area contributed by atoms with Crippen molar-refractivity contribution in [3.05, 3.63) is 52.7 Å². The number of carbonyl (C=O) groups excluding carboxylic acids is 1. The van der Waals surface area contributed by atoms with E-state index in [0.717, 1.165) is 40.0 Å². The van der Waals surface area contributed by atoms with Gasteiger partial charge in [0.15, 0.2) is 0 Å². The zero-order chi connectivity index (χ0) is 18.2. The summed E-state index contributed by atoms with van der Waals surface area (Å²) in [5.41, 5.74) is 3.63. The van der Waals surface area contributed by atoms with Crippen molar-refractivity contribution < 1.29 is 4.79 Å². The molecule has 1 aromatic carbocycles. The van der Waals surface area contributed by atoms with Crippen LogP contribution in [0.25, 0.3) is 22.4 Å². The minimum Gasteiger partial charge on any atom is -0.366 e. The number of rotatable bonds is 6. The molecule has 2 aromatic heterocycles. The third kappa shape index (κ3) is 3.57. The van der Waals surface area contributed by atoms with E-state index in [1.54, 1.807) is 17.7 Å². The first-order valence-electron chi connectivity index (χ1n) is 9.34. The summed E-state index contributed by atoms with van der Waals surface area (Å²) in [6, 6.07) is 8.62. The van der Waals surface area contributed by atoms with Crippen LogP contribution in [0.1, 0.15) is 47.2 Å². The van der Waals surface area contributed by atoms with E-state index in [1.807, 2.05) is 36.4 Å². The molecule has 1 amide bonds. The Morgan fingerprint density at radius 3 is 2.63 bits per heavy atom. The molecular weight excluding hydrogens is 356 g/mol. The second-order valence-corrected chi connectivity index (χ2v) is 8.06. The van der Waals surface area contributed by atoms with E-state index in [-0.39, 0.29) is 5.91 Å². The van der Waals surface area contributed by atoms with Gasteiger partial charge in [-0.05, 0) is 37.3 Å². The van der Waals surface area contributed by atoms with Gasteiger partial charge >= 0.3 is 0 Å². The number of aromatic nitrogens is 2. The van der Waals surface area contributed by atoms with Crippen LogP contribution in [0.2, 0.25) is 0 Å². The van der Waals surface area contributed by atoms with Crippen LogP contribution in [-0.2, 0) is 0 Å². The number of carbonyl (C=O) groups is 1. The Balaban J connectivity index is 1.43. The van der Waals surface area contributed by atoms with Gasteiger partial charge in [0, 0.05) is 28.6 Å². The van der Waals surface area contributed by atoms with Crippen molar-refractivity contribution in [2.75, 3.05) is 5.32 Å². The van der Waals surface area contributed by atoms with Crippen molar-refractivity contribution in [2.24, 2.45) is 0 Å². The summed E-state index contributed by atoms with van der Waals surface area (Å²) in [7, 11) is 0. The number of benzene rings is 1. The fourth-order valence-electron chi connectivity index (χ4n) is 3.03. The van der Waals surface area contributed by atoms with E-state index in [9.17, 15) is 4.79 Å². The van der Waals surface area contributed by atoms with Crippen LogP contribution < -0.4 is 10.6 Å². The average molecular weight is 376 g/mol. The molecule has 2 aliphatic carbocycles. The van der Waals surface area contributed by atoms with Crippen molar-refractivity contribution in [1.29, 1.82) is 0 Å². The third-order valence-corrected chi connectivity index (χ3v) is 5.85. The standard InChI is InChI=1S/C21H20N4OS/c26-21(25-16-9-10-16)17-4-2-1-3-13(17)5-6-14-11-27-19-18(14)22-12-23-20(19)24-15-7-8-15/h1-6,11-12,15-16H,7-10H2,(H,25,26)(H,22,23,24)/b6-5+. The van der Waals surface area contributed by atoms with Gasteiger partial charge in [-0.15, -0.1) is 11.3 Å². The van der Waals surface area contributed by atoms with Crippen LogP contribution in [0.15, 0.2) is 36.0 Å². The minimum atomic E-state index is 0.00571. The van der Waals surface area contributed by atoms with Gasteiger partial charge in [-0.1, -0.05) is 30.4 Å². The predicted molar refractivity (Wildman–Crippen MR) is 110 cm³/mol. The van der Waals surface area contributed by atoms with Crippen molar-refractivity contribution in [3.63, 3.8) is 0 Å². The quantitative estimate of drug-likeness (QED) is 0.672. The molecule has 0 atom stereocenters. The summed E-state index contributed by atoms with van der Waals surface area (Å²) in [5.74, 6) is 0.933. The van der Waals surface area contributed by atoms with Gasteiger partial charge in [-0.2, -0.15) is 0 Å². The molecule has 0 saturated heterocycles. The van der Waals surface area contributed by atoms with Crippen LogP contribution >= 0.6 is 11.3 Å². The van der Waals surface area contributed by atoms with Gasteiger partial charge < -0.3 is 10.6 Å². The Kier molecular flexibility index (Phi) is 4.13. The van der Waals surface area contributed by atoms with E-state index >= 15 is 0 Å². The van der Waals surface area contributed by atoms with Gasteiger partial charge in [0.1, 0.15) is 12.1 Å². The summed E-state index contributed by atoms with van der Waals surface area (Å²) in [6.45, 7) is 0. The molecule has 2 fully saturated rings. The van der Waals surface area contributed by atoms with Gasteiger partial charge in [-0.25, -0.2) is 9.97 Å². The zero-order valence-corrected chi connectivity index (χ0v) is 15.6. The second-order valence-electron chi connectivity index (χ2n) is 7.18. The van der Waals surface area contributed by atoms with Gasteiger partial charge in [0.2, 0.25) is 0 Å². The van der Waals surface area contributed by atoms with Crippen LogP contribution in [0.5, 0.6) is 0 Å².